The van der Waals surface area contributed by atoms with Crippen molar-refractivity contribution in [2.24, 2.45) is 0 Å². The van der Waals surface area contributed by atoms with Gasteiger partial charge in [-0.3, -0.25) is 0 Å². The van der Waals surface area contributed by atoms with E-state index in [2.05, 4.69) is 16.0 Å². The molecule has 0 aliphatic heterocycles. The molecule has 19 heavy (non-hydrogen) atoms. The minimum absolute atomic E-state index is 0. The van der Waals surface area contributed by atoms with Gasteiger partial charge in [-0.25, -0.2) is 0 Å². The SMILES string of the molecule is O=C([Se-])N(Cc1ccccc1)Cc1ccccc1.[Li+]. The van der Waals surface area contributed by atoms with Gasteiger partial charge < -0.3 is 0 Å². The Morgan fingerprint density at radius 2 is 1.21 bits per heavy atom. The number of rotatable bonds is 4. The van der Waals surface area contributed by atoms with Crippen molar-refractivity contribution in [3.63, 3.8) is 0 Å². The number of amides is 1. The second-order valence-corrected chi connectivity index (χ2v) is 4.83. The second kappa shape index (κ2) is 8.25. The molecule has 1 amide bonds. The van der Waals surface area contributed by atoms with E-state index < -0.39 is 0 Å². The predicted octanol–water partition coefficient (Wildman–Crippen LogP) is -0.0187. The van der Waals surface area contributed by atoms with Crippen LogP contribution in [0.5, 0.6) is 0 Å². The Labute approximate surface area is 134 Å². The summed E-state index contributed by atoms with van der Waals surface area (Å²) in [5.41, 5.74) is 2.27. The molecule has 0 aromatic heterocycles. The molecule has 0 heterocycles. The van der Waals surface area contributed by atoms with Gasteiger partial charge in [-0.2, -0.15) is 0 Å². The summed E-state index contributed by atoms with van der Waals surface area (Å²) in [5, 5.41) is 0. The molecule has 0 saturated carbocycles. The van der Waals surface area contributed by atoms with Crippen LogP contribution in [-0.4, -0.2) is 25.7 Å². The zero-order valence-corrected chi connectivity index (χ0v) is 12.7. The van der Waals surface area contributed by atoms with Crippen molar-refractivity contribution >= 4 is 20.8 Å². The van der Waals surface area contributed by atoms with Gasteiger partial charge >= 0.3 is 134 Å². The van der Waals surface area contributed by atoms with Crippen LogP contribution in [0.3, 0.4) is 0 Å². The summed E-state index contributed by atoms with van der Waals surface area (Å²) in [7, 11) is 0. The van der Waals surface area contributed by atoms with Gasteiger partial charge in [0.05, 0.1) is 0 Å². The number of carbonyl (C=O) groups excluding carboxylic acids is 1. The maximum Gasteiger partial charge on any atom is 1.00 e. The maximum absolute atomic E-state index is 11.6. The summed E-state index contributed by atoms with van der Waals surface area (Å²) in [6, 6.07) is 20.0. The van der Waals surface area contributed by atoms with E-state index in [0.29, 0.717) is 13.1 Å². The molecular weight excluding hydrogens is 296 g/mol. The Hall–Kier alpha value is -0.973. The van der Waals surface area contributed by atoms with Gasteiger partial charge in [-0.15, -0.1) is 0 Å². The van der Waals surface area contributed by atoms with Crippen molar-refractivity contribution in [2.45, 2.75) is 13.1 Å². The Morgan fingerprint density at radius 3 is 1.53 bits per heavy atom. The molecule has 4 heteroatoms. The molecule has 0 spiro atoms. The molecule has 2 nitrogen and oxygen atoms in total. The molecule has 0 aliphatic carbocycles. The fourth-order valence-electron chi connectivity index (χ4n) is 1.79. The Bertz CT molecular complexity index is 463. The minimum atomic E-state index is -0.0253. The van der Waals surface area contributed by atoms with Crippen LogP contribution in [0.25, 0.3) is 0 Å². The van der Waals surface area contributed by atoms with Crippen LogP contribution in [0.15, 0.2) is 60.7 Å². The van der Waals surface area contributed by atoms with Gasteiger partial charge in [0.1, 0.15) is 0 Å². The van der Waals surface area contributed by atoms with E-state index >= 15 is 0 Å². The van der Waals surface area contributed by atoms with Crippen molar-refractivity contribution in [1.82, 2.24) is 4.90 Å². The summed E-state index contributed by atoms with van der Waals surface area (Å²) >= 11 is 2.57. The van der Waals surface area contributed by atoms with E-state index in [1.807, 2.05) is 60.7 Å². The average molecular weight is 310 g/mol. The quantitative estimate of drug-likeness (QED) is 0.727. The summed E-state index contributed by atoms with van der Waals surface area (Å²) in [5.74, 6) is 0. The van der Waals surface area contributed by atoms with Gasteiger partial charge in [0, 0.05) is 0 Å². The number of nitrogens with zero attached hydrogens (tertiary/aromatic N) is 1. The molecule has 0 unspecified atom stereocenters. The number of benzene rings is 2. The van der Waals surface area contributed by atoms with Gasteiger partial charge in [0.2, 0.25) is 0 Å². The topological polar surface area (TPSA) is 20.3 Å². The van der Waals surface area contributed by atoms with Crippen LogP contribution in [0.2, 0.25) is 0 Å². The maximum atomic E-state index is 11.6. The molecule has 0 aliphatic rings. The summed E-state index contributed by atoms with van der Waals surface area (Å²) in [6.07, 6.45) is 0. The Morgan fingerprint density at radius 1 is 0.842 bits per heavy atom. The number of carbonyl (C=O) groups is 1. The first kappa shape index (κ1) is 16.1. The van der Waals surface area contributed by atoms with Gasteiger partial charge in [0.25, 0.3) is 0 Å². The van der Waals surface area contributed by atoms with Gasteiger partial charge in [0.15, 0.2) is 0 Å². The molecule has 0 saturated heterocycles. The predicted molar refractivity (Wildman–Crippen MR) is 73.3 cm³/mol. The molecule has 0 fully saturated rings. The third-order valence-corrected chi connectivity index (χ3v) is 3.23. The molecule has 2 rings (SSSR count). The first-order chi connectivity index (χ1) is 8.75. The molecule has 0 radical (unpaired) electrons. The van der Waals surface area contributed by atoms with Gasteiger partial charge in [-0.05, 0) is 0 Å². The van der Waals surface area contributed by atoms with Gasteiger partial charge in [-0.1, -0.05) is 0 Å². The van der Waals surface area contributed by atoms with E-state index in [1.165, 1.54) is 0 Å². The standard InChI is InChI=1S/C15H15NOSe.Li/c17-15(18)16(11-13-7-3-1-4-8-13)12-14-9-5-2-6-10-14;/h1-10H,11-12H2,(H,17,18);/q;+1/p-1. The first-order valence-corrected chi connectivity index (χ1v) is 6.65. The Balaban J connectivity index is 0.00000180. The number of hydrogen-bond acceptors (Lipinski definition) is 1. The van der Waals surface area contributed by atoms with Crippen LogP contribution in [0.1, 0.15) is 11.1 Å². The monoisotopic (exact) mass is 311 g/mol. The molecule has 92 valence electrons. The molecule has 2 aromatic carbocycles. The summed E-state index contributed by atoms with van der Waals surface area (Å²) < 4.78 is 0. The van der Waals surface area contributed by atoms with E-state index in [1.54, 1.807) is 4.90 Å². The minimum Gasteiger partial charge on any atom is 1.00 e. The largest absolute Gasteiger partial charge is 1.00 e. The third kappa shape index (κ3) is 5.26. The Kier molecular flexibility index (Phi) is 6.98. The van der Waals surface area contributed by atoms with Crippen molar-refractivity contribution in [2.75, 3.05) is 0 Å². The zero-order valence-electron chi connectivity index (χ0n) is 11.0. The van der Waals surface area contributed by atoms with E-state index in [0.717, 1.165) is 11.1 Å². The van der Waals surface area contributed by atoms with Crippen LogP contribution in [0, 0.1) is 0 Å². The molecule has 0 N–H and O–H groups in total. The van der Waals surface area contributed by atoms with Crippen molar-refractivity contribution in [3.05, 3.63) is 71.8 Å². The van der Waals surface area contributed by atoms with Crippen LogP contribution >= 0.6 is 0 Å². The van der Waals surface area contributed by atoms with Crippen molar-refractivity contribution < 1.29 is 23.7 Å². The average Bonchev–Trinajstić information content (AvgIpc) is 2.40. The van der Waals surface area contributed by atoms with E-state index in [-0.39, 0.29) is 23.7 Å². The molecule has 0 bridgehead atoms. The third-order valence-electron chi connectivity index (χ3n) is 2.69. The summed E-state index contributed by atoms with van der Waals surface area (Å²) in [6.45, 7) is 1.25. The molecular formula is C15H14LiNOSe. The smallest absolute Gasteiger partial charge is 1.00 e. The van der Waals surface area contributed by atoms with Crippen molar-refractivity contribution in [1.29, 1.82) is 0 Å². The summed E-state index contributed by atoms with van der Waals surface area (Å²) in [4.78, 5) is 13.4. The van der Waals surface area contributed by atoms with Crippen LogP contribution in [0.4, 0.5) is 4.79 Å². The second-order valence-electron chi connectivity index (χ2n) is 4.09. The normalized spacial score (nSPS) is 9.47. The fourth-order valence-corrected chi connectivity index (χ4v) is 2.06. The van der Waals surface area contributed by atoms with Crippen molar-refractivity contribution in [3.8, 4) is 0 Å². The fraction of sp³-hybridized carbons (Fsp3) is 0.133. The number of hydrogen-bond donors (Lipinski definition) is 0. The molecule has 2 aromatic rings. The van der Waals surface area contributed by atoms with Crippen LogP contribution in [-0.2, 0) is 13.1 Å². The van der Waals surface area contributed by atoms with Crippen LogP contribution < -0.4 is 18.9 Å². The molecule has 0 atom stereocenters. The zero-order chi connectivity index (χ0) is 12.8. The van der Waals surface area contributed by atoms with E-state index in [9.17, 15) is 4.79 Å². The first-order valence-electron chi connectivity index (χ1n) is 5.79. The van der Waals surface area contributed by atoms with E-state index in [4.69, 9.17) is 0 Å².